The van der Waals surface area contributed by atoms with E-state index in [2.05, 4.69) is 40.2 Å². The van der Waals surface area contributed by atoms with Gasteiger partial charge in [-0.3, -0.25) is 9.88 Å². The molecule has 1 aliphatic heterocycles. The predicted octanol–water partition coefficient (Wildman–Crippen LogP) is 3.93. The molecule has 2 aromatic heterocycles. The van der Waals surface area contributed by atoms with E-state index in [1.165, 1.54) is 24.8 Å². The fraction of sp³-hybridized carbons (Fsp3) is 0.381. The van der Waals surface area contributed by atoms with Gasteiger partial charge in [-0.1, -0.05) is 30.3 Å². The second-order valence-corrected chi connectivity index (χ2v) is 7.66. The minimum absolute atomic E-state index is 0.758. The number of likely N-dealkylation sites (tertiary alicyclic amines) is 1. The Morgan fingerprint density at radius 2 is 1.74 bits per heavy atom. The highest BCUT2D eigenvalue weighted by Crippen LogP contribution is 2.22. The highest BCUT2D eigenvalue weighted by atomic mass is 32.1. The van der Waals surface area contributed by atoms with Crippen LogP contribution in [0.25, 0.3) is 11.4 Å². The molecular formula is C21H25N5S. The first-order valence-electron chi connectivity index (χ1n) is 9.51. The molecule has 3 aromatic rings. The van der Waals surface area contributed by atoms with Crippen LogP contribution in [0.2, 0.25) is 0 Å². The summed E-state index contributed by atoms with van der Waals surface area (Å²) in [6, 6.07) is 14.8. The smallest absolute Gasteiger partial charge is 0.199 e. The van der Waals surface area contributed by atoms with E-state index in [-0.39, 0.29) is 0 Å². The summed E-state index contributed by atoms with van der Waals surface area (Å²) in [6.45, 7) is 2.96. The van der Waals surface area contributed by atoms with Crippen molar-refractivity contribution in [3.05, 3.63) is 65.2 Å². The summed E-state index contributed by atoms with van der Waals surface area (Å²) >= 11 is 5.61. The number of nitrogens with zero attached hydrogens (tertiary/aromatic N) is 5. The average molecular weight is 380 g/mol. The molecule has 0 aliphatic carbocycles. The van der Waals surface area contributed by atoms with Gasteiger partial charge in [-0.25, -0.2) is 4.68 Å². The van der Waals surface area contributed by atoms with E-state index in [1.807, 2.05) is 28.4 Å². The number of hydrogen-bond donors (Lipinski definition) is 0. The minimum Gasteiger partial charge on any atom is -0.303 e. The van der Waals surface area contributed by atoms with Gasteiger partial charge in [0.25, 0.3) is 0 Å². The Balaban J connectivity index is 1.39. The molecule has 1 fully saturated rings. The maximum Gasteiger partial charge on any atom is 0.199 e. The summed E-state index contributed by atoms with van der Waals surface area (Å²) in [5.74, 6) is 1.66. The van der Waals surface area contributed by atoms with Gasteiger partial charge in [-0.15, -0.1) is 0 Å². The van der Waals surface area contributed by atoms with Gasteiger partial charge in [-0.05, 0) is 55.1 Å². The van der Waals surface area contributed by atoms with E-state index in [0.717, 1.165) is 41.8 Å². The van der Waals surface area contributed by atoms with Gasteiger partial charge in [0.2, 0.25) is 0 Å². The second-order valence-electron chi connectivity index (χ2n) is 7.29. The van der Waals surface area contributed by atoms with E-state index >= 15 is 0 Å². The lowest BCUT2D eigenvalue weighted by Gasteiger charge is -2.31. The van der Waals surface area contributed by atoms with Crippen molar-refractivity contribution in [2.45, 2.75) is 25.9 Å². The van der Waals surface area contributed by atoms with Crippen molar-refractivity contribution in [1.82, 2.24) is 24.2 Å². The third-order valence-corrected chi connectivity index (χ3v) is 5.87. The van der Waals surface area contributed by atoms with E-state index < -0.39 is 0 Å². The van der Waals surface area contributed by atoms with Crippen LogP contribution in [0.1, 0.15) is 18.4 Å². The molecule has 0 saturated carbocycles. The highest BCUT2D eigenvalue weighted by molar-refractivity contribution is 7.71. The molecule has 27 heavy (non-hydrogen) atoms. The topological polar surface area (TPSA) is 38.9 Å². The van der Waals surface area contributed by atoms with Crippen LogP contribution in [0.5, 0.6) is 0 Å². The van der Waals surface area contributed by atoms with Crippen LogP contribution in [0.15, 0.2) is 54.9 Å². The number of aromatic nitrogens is 4. The molecule has 4 rings (SSSR count). The third-order valence-electron chi connectivity index (χ3n) is 5.39. The largest absolute Gasteiger partial charge is 0.303 e. The summed E-state index contributed by atoms with van der Waals surface area (Å²) in [5, 5.41) is 4.77. The summed E-state index contributed by atoms with van der Waals surface area (Å²) < 4.78 is 4.68. The Morgan fingerprint density at radius 3 is 2.44 bits per heavy atom. The van der Waals surface area contributed by atoms with Crippen molar-refractivity contribution in [2.75, 3.05) is 13.1 Å². The first-order chi connectivity index (χ1) is 13.2. The van der Waals surface area contributed by atoms with Gasteiger partial charge in [0.15, 0.2) is 10.6 Å². The first kappa shape index (κ1) is 18.1. The van der Waals surface area contributed by atoms with Gasteiger partial charge in [0, 0.05) is 38.1 Å². The molecule has 0 unspecified atom stereocenters. The quantitative estimate of drug-likeness (QED) is 0.630. The number of rotatable bonds is 5. The molecule has 1 saturated heterocycles. The van der Waals surface area contributed by atoms with Crippen molar-refractivity contribution in [2.24, 2.45) is 13.0 Å². The predicted molar refractivity (Wildman–Crippen MR) is 110 cm³/mol. The Bertz CT molecular complexity index is 924. The average Bonchev–Trinajstić information content (AvgIpc) is 2.99. The van der Waals surface area contributed by atoms with Gasteiger partial charge in [-0.2, -0.15) is 5.10 Å². The molecule has 5 nitrogen and oxygen atoms in total. The van der Waals surface area contributed by atoms with Crippen LogP contribution >= 0.6 is 12.2 Å². The minimum atomic E-state index is 0.758. The maximum absolute atomic E-state index is 5.61. The van der Waals surface area contributed by atoms with E-state index in [9.17, 15) is 0 Å². The van der Waals surface area contributed by atoms with E-state index in [0.29, 0.717) is 0 Å². The molecule has 0 N–H and O–H groups in total. The van der Waals surface area contributed by atoms with Gasteiger partial charge >= 0.3 is 0 Å². The SMILES string of the molecule is Cn1c(-c2ccncc2)nn(CN2CCC(Cc3ccccc3)CC2)c1=S. The Morgan fingerprint density at radius 1 is 1.04 bits per heavy atom. The van der Waals surface area contributed by atoms with Crippen molar-refractivity contribution in [3.8, 4) is 11.4 Å². The zero-order valence-corrected chi connectivity index (χ0v) is 16.5. The summed E-state index contributed by atoms with van der Waals surface area (Å²) in [4.78, 5) is 6.54. The van der Waals surface area contributed by atoms with Crippen LogP contribution in [0.3, 0.4) is 0 Å². The van der Waals surface area contributed by atoms with E-state index in [4.69, 9.17) is 17.3 Å². The molecule has 6 heteroatoms. The third kappa shape index (κ3) is 4.17. The lowest BCUT2D eigenvalue weighted by atomic mass is 9.90. The number of pyridine rings is 1. The number of benzene rings is 1. The normalized spacial score (nSPS) is 15.9. The summed E-state index contributed by atoms with van der Waals surface area (Å²) in [5.41, 5.74) is 2.49. The van der Waals surface area contributed by atoms with Crippen molar-refractivity contribution in [1.29, 1.82) is 0 Å². The van der Waals surface area contributed by atoms with Crippen LogP contribution in [0, 0.1) is 10.7 Å². The van der Waals surface area contributed by atoms with Gasteiger partial charge in [0.1, 0.15) is 0 Å². The zero-order chi connectivity index (χ0) is 18.6. The Labute approximate surface area is 165 Å². The fourth-order valence-corrected chi connectivity index (χ4v) is 3.99. The molecule has 3 heterocycles. The molecule has 0 amide bonds. The second kappa shape index (κ2) is 8.15. The molecule has 1 aliphatic rings. The summed E-state index contributed by atoms with van der Waals surface area (Å²) in [7, 11) is 1.98. The van der Waals surface area contributed by atoms with Crippen molar-refractivity contribution >= 4 is 12.2 Å². The van der Waals surface area contributed by atoms with Gasteiger partial charge < -0.3 is 4.57 Å². The highest BCUT2D eigenvalue weighted by Gasteiger charge is 2.21. The molecule has 0 spiro atoms. The fourth-order valence-electron chi connectivity index (χ4n) is 3.80. The molecule has 0 radical (unpaired) electrons. The number of hydrogen-bond acceptors (Lipinski definition) is 4. The Hall–Kier alpha value is -2.31. The zero-order valence-electron chi connectivity index (χ0n) is 15.7. The standard InChI is InChI=1S/C21H25N5S/c1-24-20(19-7-11-22-12-8-19)23-26(21(24)27)16-25-13-9-18(10-14-25)15-17-5-3-2-4-6-17/h2-8,11-12,18H,9-10,13-16H2,1H3. The summed E-state index contributed by atoms with van der Waals surface area (Å²) in [6.07, 6.45) is 7.21. The number of piperidine rings is 1. The van der Waals surface area contributed by atoms with Crippen LogP contribution in [-0.4, -0.2) is 37.3 Å². The van der Waals surface area contributed by atoms with E-state index in [1.54, 1.807) is 12.4 Å². The van der Waals surface area contributed by atoms with Crippen LogP contribution in [-0.2, 0) is 20.1 Å². The lowest BCUT2D eigenvalue weighted by Crippen LogP contribution is -2.36. The first-order valence-corrected chi connectivity index (χ1v) is 9.92. The molecule has 1 aromatic carbocycles. The van der Waals surface area contributed by atoms with Gasteiger partial charge in [0.05, 0.1) is 6.67 Å². The monoisotopic (exact) mass is 379 g/mol. The maximum atomic E-state index is 5.61. The van der Waals surface area contributed by atoms with Crippen molar-refractivity contribution < 1.29 is 0 Å². The Kier molecular flexibility index (Phi) is 5.45. The van der Waals surface area contributed by atoms with Crippen LogP contribution < -0.4 is 0 Å². The molecule has 140 valence electrons. The van der Waals surface area contributed by atoms with Crippen LogP contribution in [0.4, 0.5) is 0 Å². The molecule has 0 bridgehead atoms. The lowest BCUT2D eigenvalue weighted by molar-refractivity contribution is 0.140. The molecular weight excluding hydrogens is 354 g/mol. The van der Waals surface area contributed by atoms with Crippen molar-refractivity contribution in [3.63, 3.8) is 0 Å². The molecule has 0 atom stereocenters.